The lowest BCUT2D eigenvalue weighted by Crippen LogP contribution is -2.46. The number of piperidine rings is 1. The van der Waals surface area contributed by atoms with Gasteiger partial charge in [-0.1, -0.05) is 60.2 Å². The number of anilines is 4. The van der Waals surface area contributed by atoms with E-state index in [1.165, 1.54) is 18.2 Å². The molecule has 0 saturated carbocycles. The molecule has 5 N–H and O–H groups in total. The number of piperazine rings is 1. The molecule has 0 aliphatic carbocycles. The van der Waals surface area contributed by atoms with Crippen LogP contribution in [-0.2, 0) is 28.9 Å². The Bertz CT molecular complexity index is 3210. The summed E-state index contributed by atoms with van der Waals surface area (Å²) in [5, 5.41) is 14.0. The molecular formula is C54H65N6O10PS3. The van der Waals surface area contributed by atoms with Crippen LogP contribution in [-0.4, -0.2) is 117 Å². The number of nitrogens with one attached hydrogen (secondary N) is 2. The quantitative estimate of drug-likeness (QED) is 0.0356. The number of aryl methyl sites for hydroxylation is 1. The molecule has 20 heteroatoms. The van der Waals surface area contributed by atoms with E-state index in [2.05, 4.69) is 67.4 Å². The minimum Gasteiger partial charge on any atom is -0.478 e. The van der Waals surface area contributed by atoms with Crippen LogP contribution in [0.1, 0.15) is 60.8 Å². The first-order valence-electron chi connectivity index (χ1n) is 24.7. The van der Waals surface area contributed by atoms with Crippen molar-refractivity contribution in [1.29, 1.82) is 0 Å². The molecule has 0 unspecified atom stereocenters. The third-order valence-corrected chi connectivity index (χ3v) is 17.9. The number of phosphoric ester groups is 1. The summed E-state index contributed by atoms with van der Waals surface area (Å²) >= 11 is 1.61. The SMILES string of the molecule is Cc1ccc(-c2c(-c3cccc(N4CCN(c5ccc(NS(=O)(=O)c6ccc(N[C@H](CCN7CCC(OP(=O)(O)O)CC7)CSc7ccccc7)c(S(C)(=O)=O)c6)cc5)CC4)c3)c(C(=O)O)c(C)n2C(C)C)cc1. The molecule has 16 nitrogen and oxygen atoms in total. The van der Waals surface area contributed by atoms with E-state index in [1.807, 2.05) is 80.6 Å². The molecule has 0 spiro atoms. The number of carboxylic acids is 1. The maximum Gasteiger partial charge on any atom is 0.469 e. The standard InChI is InChI=1S/C54H65N6O10PS3/c1-37(2)60-39(4)51(54(61)62)52(53(60)40-16-14-38(3)15-17-40)41-10-9-11-45(34-41)59-32-30-58(31-33-59)44-20-18-42(19-21-44)56-74(68,69)48-22-23-49(50(35-48)73(5,66)67)55-43(36-72-47-12-7-6-8-13-47)24-27-57-28-25-46(26-29-57)70-71(63,64)65/h6-23,34-35,37,43,46,55-56H,24-33,36H2,1-5H3,(H,61,62)(H2,63,64,65)/t43-/m1/s1. The zero-order valence-corrected chi connectivity index (χ0v) is 45.6. The van der Waals surface area contributed by atoms with Crippen molar-refractivity contribution >= 4 is 68.2 Å². The van der Waals surface area contributed by atoms with Crippen LogP contribution in [0.2, 0.25) is 0 Å². The zero-order chi connectivity index (χ0) is 53.0. The molecule has 74 heavy (non-hydrogen) atoms. The number of aromatic carboxylic acids is 1. The molecule has 2 aliphatic heterocycles. The number of carbonyl (C=O) groups is 1. The third kappa shape index (κ3) is 13.4. The first kappa shape index (κ1) is 54.6. The van der Waals surface area contributed by atoms with Crippen molar-refractivity contribution in [3.8, 4) is 22.4 Å². The average Bonchev–Trinajstić information content (AvgIpc) is 3.68. The second-order valence-electron chi connectivity index (χ2n) is 19.3. The summed E-state index contributed by atoms with van der Waals surface area (Å²) in [6.07, 6.45) is 2.07. The second kappa shape index (κ2) is 23.1. The van der Waals surface area contributed by atoms with Crippen LogP contribution in [0.3, 0.4) is 0 Å². The van der Waals surface area contributed by atoms with Gasteiger partial charge in [-0.25, -0.2) is 26.2 Å². The number of aromatic nitrogens is 1. The summed E-state index contributed by atoms with van der Waals surface area (Å²) in [6.45, 7) is 12.6. The van der Waals surface area contributed by atoms with Gasteiger partial charge in [0.05, 0.1) is 32.8 Å². The Morgan fingerprint density at radius 1 is 0.784 bits per heavy atom. The van der Waals surface area contributed by atoms with E-state index in [1.54, 1.807) is 23.9 Å². The van der Waals surface area contributed by atoms with Gasteiger partial charge in [-0.2, -0.15) is 0 Å². The van der Waals surface area contributed by atoms with E-state index < -0.39 is 39.8 Å². The number of benzene rings is 5. The number of phosphoric acid groups is 1. The number of sulfone groups is 1. The molecule has 0 radical (unpaired) electrons. The molecule has 2 fully saturated rings. The van der Waals surface area contributed by atoms with Crippen molar-refractivity contribution in [3.63, 3.8) is 0 Å². The van der Waals surface area contributed by atoms with Gasteiger partial charge in [-0.05, 0) is 125 Å². The molecule has 2 saturated heterocycles. The van der Waals surface area contributed by atoms with Crippen molar-refractivity contribution in [2.45, 2.75) is 79.8 Å². The minimum atomic E-state index is -4.58. The highest BCUT2D eigenvalue weighted by atomic mass is 32.2. The molecule has 5 aromatic carbocycles. The van der Waals surface area contributed by atoms with E-state index in [4.69, 9.17) is 4.52 Å². The van der Waals surface area contributed by atoms with Crippen LogP contribution < -0.4 is 19.8 Å². The highest BCUT2D eigenvalue weighted by molar-refractivity contribution is 7.99. The van der Waals surface area contributed by atoms with Crippen molar-refractivity contribution in [2.24, 2.45) is 0 Å². The summed E-state index contributed by atoms with van der Waals surface area (Å²) in [4.78, 5) is 38.8. The second-order valence-corrected chi connectivity index (χ2v) is 25.3. The van der Waals surface area contributed by atoms with Gasteiger partial charge in [0, 0.05) is 103 Å². The first-order chi connectivity index (χ1) is 35.1. The Morgan fingerprint density at radius 3 is 2.04 bits per heavy atom. The van der Waals surface area contributed by atoms with Crippen LogP contribution in [0.25, 0.3) is 22.4 Å². The lowest BCUT2D eigenvalue weighted by molar-refractivity contribution is 0.0690. The molecule has 3 heterocycles. The van der Waals surface area contributed by atoms with E-state index in [9.17, 15) is 41.1 Å². The monoisotopic (exact) mass is 1080 g/mol. The largest absolute Gasteiger partial charge is 0.478 e. The van der Waals surface area contributed by atoms with E-state index in [-0.39, 0.29) is 27.6 Å². The van der Waals surface area contributed by atoms with Crippen molar-refractivity contribution in [3.05, 3.63) is 138 Å². The van der Waals surface area contributed by atoms with Gasteiger partial charge in [0.25, 0.3) is 10.0 Å². The molecule has 1 aromatic heterocycles. The zero-order valence-electron chi connectivity index (χ0n) is 42.2. The molecule has 6 aromatic rings. The Balaban J connectivity index is 0.929. The number of sulfonamides is 1. The minimum absolute atomic E-state index is 0.0269. The summed E-state index contributed by atoms with van der Waals surface area (Å²) in [5.74, 6) is -0.390. The molecule has 394 valence electrons. The lowest BCUT2D eigenvalue weighted by Gasteiger charge is -2.37. The van der Waals surface area contributed by atoms with Crippen molar-refractivity contribution < 1.29 is 45.6 Å². The van der Waals surface area contributed by atoms with E-state index in [0.717, 1.165) is 44.9 Å². The van der Waals surface area contributed by atoms with Gasteiger partial charge in [0.2, 0.25) is 0 Å². The molecule has 8 rings (SSSR count). The summed E-state index contributed by atoms with van der Waals surface area (Å²) in [6, 6.07) is 37.1. The lowest BCUT2D eigenvalue weighted by atomic mass is 9.96. The van der Waals surface area contributed by atoms with Crippen molar-refractivity contribution in [2.75, 3.05) is 77.7 Å². The number of likely N-dealkylation sites (tertiary alicyclic amines) is 1. The molecule has 1 atom stereocenters. The highest BCUT2D eigenvalue weighted by Gasteiger charge is 2.30. The van der Waals surface area contributed by atoms with Gasteiger partial charge >= 0.3 is 13.8 Å². The summed E-state index contributed by atoms with van der Waals surface area (Å²) < 4.78 is 75.5. The van der Waals surface area contributed by atoms with Crippen LogP contribution in [0.15, 0.2) is 136 Å². The third-order valence-electron chi connectivity index (χ3n) is 13.6. The van der Waals surface area contributed by atoms with Gasteiger partial charge < -0.3 is 39.5 Å². The maximum absolute atomic E-state index is 13.9. The summed E-state index contributed by atoms with van der Waals surface area (Å²) in [7, 11) is -12.7. The normalized spacial score (nSPS) is 15.6. The predicted molar refractivity (Wildman–Crippen MR) is 295 cm³/mol. The maximum atomic E-state index is 13.9. The number of thioether (sulfide) groups is 1. The Labute approximate surface area is 439 Å². The van der Waals surface area contributed by atoms with Crippen molar-refractivity contribution in [1.82, 2.24) is 9.47 Å². The smallest absolute Gasteiger partial charge is 0.469 e. The first-order valence-corrected chi connectivity index (χ1v) is 30.6. The predicted octanol–water partition coefficient (Wildman–Crippen LogP) is 9.79. The molecule has 0 amide bonds. The fourth-order valence-electron chi connectivity index (χ4n) is 9.92. The van der Waals surface area contributed by atoms with Gasteiger partial charge in [0.15, 0.2) is 9.84 Å². The number of carboxylic acid groups (broad SMARTS) is 1. The number of hydrogen-bond acceptors (Lipinski definition) is 12. The van der Waals surface area contributed by atoms with E-state index >= 15 is 0 Å². The Kier molecular flexibility index (Phi) is 17.0. The fraction of sp³-hybridized carbons (Fsp3) is 0.352. The molecular weight excluding hydrogens is 1020 g/mol. The molecule has 0 bridgehead atoms. The van der Waals surface area contributed by atoms with Crippen LogP contribution in [0, 0.1) is 13.8 Å². The average molecular weight is 1090 g/mol. The van der Waals surface area contributed by atoms with Gasteiger partial charge in [-0.3, -0.25) is 9.25 Å². The Hall–Kier alpha value is -5.63. The van der Waals surface area contributed by atoms with Crippen LogP contribution in [0.5, 0.6) is 0 Å². The van der Waals surface area contributed by atoms with Gasteiger partial charge in [0.1, 0.15) is 0 Å². The van der Waals surface area contributed by atoms with Crippen LogP contribution >= 0.6 is 19.6 Å². The number of nitrogens with zero attached hydrogens (tertiary/aromatic N) is 4. The number of rotatable bonds is 20. The topological polar surface area (TPSA) is 211 Å². The van der Waals surface area contributed by atoms with Crippen LogP contribution in [0.4, 0.5) is 22.7 Å². The highest BCUT2D eigenvalue weighted by Crippen LogP contribution is 2.43. The number of hydrogen-bond donors (Lipinski definition) is 5. The summed E-state index contributed by atoms with van der Waals surface area (Å²) in [5.41, 5.74) is 7.99. The van der Waals surface area contributed by atoms with Gasteiger partial charge in [-0.15, -0.1) is 11.8 Å². The molecule has 2 aliphatic rings. The van der Waals surface area contributed by atoms with E-state index in [0.29, 0.717) is 93.3 Å². The Morgan fingerprint density at radius 2 is 1.43 bits per heavy atom. The fourth-order valence-corrected chi connectivity index (χ4v) is 13.5.